The average molecular weight is 385 g/mol. The predicted molar refractivity (Wildman–Crippen MR) is 109 cm³/mol. The first-order valence-corrected chi connectivity index (χ1v) is 9.15. The van der Waals surface area contributed by atoms with Crippen LogP contribution in [0.2, 0.25) is 5.02 Å². The maximum absolute atomic E-state index is 12.1. The van der Waals surface area contributed by atoms with Gasteiger partial charge in [-0.15, -0.1) is 11.3 Å². The molecule has 5 nitrogen and oxygen atoms in total. The second-order valence-corrected chi connectivity index (χ2v) is 6.77. The zero-order chi connectivity index (χ0) is 18.5. The number of aromatic nitrogens is 1. The van der Waals surface area contributed by atoms with Crippen LogP contribution in [0.1, 0.15) is 12.6 Å². The number of carbonyl (C=O) groups excluding carboxylic acids is 1. The highest BCUT2D eigenvalue weighted by Crippen LogP contribution is 2.30. The highest BCUT2D eigenvalue weighted by molar-refractivity contribution is 7.14. The van der Waals surface area contributed by atoms with E-state index < -0.39 is 0 Å². The molecule has 0 aliphatic rings. The number of nitrogens with zero attached hydrogens (tertiary/aromatic N) is 4. The fraction of sp³-hybridized carbons (Fsp3) is 0.105. The number of benzene rings is 2. The van der Waals surface area contributed by atoms with Gasteiger partial charge < -0.3 is 0 Å². The van der Waals surface area contributed by atoms with Gasteiger partial charge in [0.2, 0.25) is 5.91 Å². The van der Waals surface area contributed by atoms with Crippen molar-refractivity contribution >= 4 is 51.6 Å². The van der Waals surface area contributed by atoms with Crippen molar-refractivity contribution < 1.29 is 4.79 Å². The van der Waals surface area contributed by atoms with Crippen LogP contribution in [0, 0.1) is 0 Å². The predicted octanol–water partition coefficient (Wildman–Crippen LogP) is 4.95. The summed E-state index contributed by atoms with van der Waals surface area (Å²) in [6.45, 7) is 1.50. The number of thiazole rings is 1. The molecule has 0 N–H and O–H groups in total. The molecule has 7 heteroatoms. The Hall–Kier alpha value is -2.70. The molecule has 0 spiro atoms. The van der Waals surface area contributed by atoms with Crippen LogP contribution in [0.15, 0.2) is 65.1 Å². The molecule has 3 rings (SSSR count). The molecule has 0 aliphatic heterocycles. The van der Waals surface area contributed by atoms with Crippen molar-refractivity contribution in [3.8, 4) is 0 Å². The van der Waals surface area contributed by atoms with Crippen molar-refractivity contribution in [1.29, 1.82) is 0 Å². The smallest absolute Gasteiger partial charge is 0.230 e. The highest BCUT2D eigenvalue weighted by atomic mass is 35.5. The van der Waals surface area contributed by atoms with Crippen LogP contribution in [0.25, 0.3) is 0 Å². The molecular weight excluding hydrogens is 368 g/mol. The lowest BCUT2D eigenvalue weighted by Crippen LogP contribution is -2.22. The minimum Gasteiger partial charge on any atom is -0.274 e. The fourth-order valence-electron chi connectivity index (χ4n) is 2.34. The van der Waals surface area contributed by atoms with Gasteiger partial charge in [-0.3, -0.25) is 14.7 Å². The molecule has 1 amide bonds. The number of para-hydroxylation sites is 1. The Bertz CT molecular complexity index is 926. The maximum Gasteiger partial charge on any atom is 0.230 e. The summed E-state index contributed by atoms with van der Waals surface area (Å²) in [5.74, 6) is -0.133. The van der Waals surface area contributed by atoms with Crippen LogP contribution in [-0.4, -0.2) is 24.2 Å². The molecule has 1 aromatic heterocycles. The number of hydrogen-bond donors (Lipinski definition) is 0. The molecule has 0 saturated heterocycles. The SMILES string of the molecule is CC(=O)N(c1cccc(Cl)c1)c1nc(/C=N\N(C)c2ccccc2)cs1. The van der Waals surface area contributed by atoms with Crippen LogP contribution in [0.3, 0.4) is 0 Å². The number of anilines is 3. The summed E-state index contributed by atoms with van der Waals surface area (Å²) in [5, 5.41) is 9.16. The molecule has 0 saturated carbocycles. The Morgan fingerprint density at radius 2 is 1.88 bits per heavy atom. The number of rotatable bonds is 5. The lowest BCUT2D eigenvalue weighted by Gasteiger charge is -2.18. The van der Waals surface area contributed by atoms with Crippen molar-refractivity contribution in [2.24, 2.45) is 5.10 Å². The standard InChI is InChI=1S/C19H17ClN4OS/c1-14(25)24(18-10-6-7-15(20)11-18)19-22-16(13-26-19)12-21-23(2)17-8-4-3-5-9-17/h3-13H,1-2H3/b21-12-. The molecule has 0 aliphatic carbocycles. The van der Waals surface area contributed by atoms with Gasteiger partial charge in [-0.2, -0.15) is 5.10 Å². The van der Waals surface area contributed by atoms with Gasteiger partial charge in [0.05, 0.1) is 23.3 Å². The molecule has 0 fully saturated rings. The quantitative estimate of drug-likeness (QED) is 0.462. The van der Waals surface area contributed by atoms with Gasteiger partial charge >= 0.3 is 0 Å². The van der Waals surface area contributed by atoms with E-state index in [0.29, 0.717) is 21.5 Å². The lowest BCUT2D eigenvalue weighted by atomic mass is 10.3. The van der Waals surface area contributed by atoms with Gasteiger partial charge in [-0.05, 0) is 30.3 Å². The summed E-state index contributed by atoms with van der Waals surface area (Å²) in [6, 6.07) is 16.9. The van der Waals surface area contributed by atoms with Crippen LogP contribution < -0.4 is 9.91 Å². The second-order valence-electron chi connectivity index (χ2n) is 5.49. The summed E-state index contributed by atoms with van der Waals surface area (Å²) in [5.41, 5.74) is 2.34. The molecule has 0 radical (unpaired) electrons. The summed E-state index contributed by atoms with van der Waals surface area (Å²) in [7, 11) is 1.87. The largest absolute Gasteiger partial charge is 0.274 e. The van der Waals surface area contributed by atoms with Gasteiger partial charge in [0.25, 0.3) is 0 Å². The lowest BCUT2D eigenvalue weighted by molar-refractivity contribution is -0.115. The van der Waals surface area contributed by atoms with Crippen LogP contribution in [0.5, 0.6) is 0 Å². The minimum absolute atomic E-state index is 0.133. The van der Waals surface area contributed by atoms with Crippen molar-refractivity contribution in [3.63, 3.8) is 0 Å². The van der Waals surface area contributed by atoms with Gasteiger partial charge in [0.15, 0.2) is 5.13 Å². The third kappa shape index (κ3) is 4.28. The highest BCUT2D eigenvalue weighted by Gasteiger charge is 2.17. The first-order chi connectivity index (χ1) is 12.5. The van der Waals surface area contributed by atoms with Gasteiger partial charge in [-0.1, -0.05) is 35.9 Å². The Kier molecular flexibility index (Phi) is 5.65. The number of hydrogen-bond acceptors (Lipinski definition) is 5. The van der Waals surface area contributed by atoms with Crippen LogP contribution in [-0.2, 0) is 4.79 Å². The molecule has 3 aromatic rings. The Balaban J connectivity index is 1.81. The normalized spacial score (nSPS) is 10.9. The zero-order valence-corrected chi connectivity index (χ0v) is 15.9. The van der Waals surface area contributed by atoms with E-state index in [9.17, 15) is 4.79 Å². The molecule has 0 bridgehead atoms. The second kappa shape index (κ2) is 8.12. The van der Waals surface area contributed by atoms with Crippen molar-refractivity contribution in [2.75, 3.05) is 17.0 Å². The van der Waals surface area contributed by atoms with E-state index in [2.05, 4.69) is 10.1 Å². The van der Waals surface area contributed by atoms with Gasteiger partial charge in [0, 0.05) is 24.4 Å². The van der Waals surface area contributed by atoms with Crippen molar-refractivity contribution in [2.45, 2.75) is 6.92 Å². The third-order valence-electron chi connectivity index (χ3n) is 3.58. The van der Waals surface area contributed by atoms with E-state index >= 15 is 0 Å². The molecule has 2 aromatic carbocycles. The summed E-state index contributed by atoms with van der Waals surface area (Å²) in [4.78, 5) is 18.2. The first-order valence-electron chi connectivity index (χ1n) is 7.89. The monoisotopic (exact) mass is 384 g/mol. The molecule has 0 unspecified atom stereocenters. The third-order valence-corrected chi connectivity index (χ3v) is 4.65. The number of amides is 1. The van der Waals surface area contributed by atoms with Crippen LogP contribution in [0.4, 0.5) is 16.5 Å². The Morgan fingerprint density at radius 3 is 2.58 bits per heavy atom. The zero-order valence-electron chi connectivity index (χ0n) is 14.3. The van der Waals surface area contributed by atoms with Crippen molar-refractivity contribution in [1.82, 2.24) is 4.98 Å². The van der Waals surface area contributed by atoms with E-state index in [0.717, 1.165) is 5.69 Å². The molecule has 132 valence electrons. The summed E-state index contributed by atoms with van der Waals surface area (Å²) in [6.07, 6.45) is 1.67. The summed E-state index contributed by atoms with van der Waals surface area (Å²) < 4.78 is 0. The number of carbonyl (C=O) groups is 1. The molecular formula is C19H17ClN4OS. The average Bonchev–Trinajstić information content (AvgIpc) is 3.09. The molecule has 1 heterocycles. The fourth-order valence-corrected chi connectivity index (χ4v) is 3.36. The topological polar surface area (TPSA) is 48.8 Å². The Labute approximate surface area is 161 Å². The van der Waals surface area contributed by atoms with E-state index in [-0.39, 0.29) is 5.91 Å². The van der Waals surface area contributed by atoms with E-state index in [1.807, 2.05) is 48.8 Å². The first kappa shape index (κ1) is 18.1. The van der Waals surface area contributed by atoms with Crippen molar-refractivity contribution in [3.05, 3.63) is 70.7 Å². The molecule has 0 atom stereocenters. The van der Waals surface area contributed by atoms with Gasteiger partial charge in [0.1, 0.15) is 0 Å². The number of halogens is 1. The maximum atomic E-state index is 12.1. The summed E-state index contributed by atoms with van der Waals surface area (Å²) >= 11 is 7.42. The number of hydrazone groups is 1. The van der Waals surface area contributed by atoms with E-state index in [1.54, 1.807) is 29.4 Å². The Morgan fingerprint density at radius 1 is 1.15 bits per heavy atom. The minimum atomic E-state index is -0.133. The molecule has 26 heavy (non-hydrogen) atoms. The van der Waals surface area contributed by atoms with E-state index in [4.69, 9.17) is 11.6 Å². The van der Waals surface area contributed by atoms with E-state index in [1.165, 1.54) is 23.2 Å². The van der Waals surface area contributed by atoms with Gasteiger partial charge in [-0.25, -0.2) is 4.98 Å². The van der Waals surface area contributed by atoms with Crippen LogP contribution >= 0.6 is 22.9 Å².